The van der Waals surface area contributed by atoms with Gasteiger partial charge in [0.2, 0.25) is 0 Å². The van der Waals surface area contributed by atoms with E-state index in [2.05, 4.69) is 12.1 Å². The Kier molecular flexibility index (Phi) is 4.33. The van der Waals surface area contributed by atoms with E-state index in [4.69, 9.17) is 10.5 Å². The molecular weight excluding hydrogens is 252 g/mol. The van der Waals surface area contributed by atoms with Crippen LogP contribution in [0.4, 0.5) is 5.69 Å². The Balaban J connectivity index is 2.28. The van der Waals surface area contributed by atoms with E-state index in [1.807, 2.05) is 31.7 Å². The van der Waals surface area contributed by atoms with Gasteiger partial charge >= 0.3 is 0 Å². The van der Waals surface area contributed by atoms with Crippen molar-refractivity contribution < 1.29 is 9.53 Å². The molecule has 4 nitrogen and oxygen atoms in total. The molecule has 0 unspecified atom stereocenters. The molecule has 2 rings (SSSR count). The fourth-order valence-electron chi connectivity index (χ4n) is 2.56. The monoisotopic (exact) mass is 276 g/mol. The number of carbonyl (C=O) groups excluding carboxylic acids is 1. The normalized spacial score (nSPS) is 16.8. The molecule has 1 amide bonds. The third-order valence-corrected chi connectivity index (χ3v) is 3.68. The first-order valence-corrected chi connectivity index (χ1v) is 7.33. The molecule has 1 heterocycles. The van der Waals surface area contributed by atoms with Crippen LogP contribution < -0.4 is 15.4 Å². The summed E-state index contributed by atoms with van der Waals surface area (Å²) in [4.78, 5) is 14.2. The molecule has 1 aromatic carbocycles. The van der Waals surface area contributed by atoms with E-state index < -0.39 is 5.60 Å². The van der Waals surface area contributed by atoms with Crippen LogP contribution in [0.25, 0.3) is 0 Å². The molecule has 4 heteroatoms. The highest BCUT2D eigenvalue weighted by atomic mass is 16.5. The van der Waals surface area contributed by atoms with Gasteiger partial charge in [0.05, 0.1) is 5.69 Å². The molecule has 0 aromatic heterocycles. The lowest BCUT2D eigenvalue weighted by Gasteiger charge is -2.38. The van der Waals surface area contributed by atoms with E-state index in [1.165, 1.54) is 5.56 Å². The van der Waals surface area contributed by atoms with Gasteiger partial charge < -0.3 is 15.4 Å². The minimum Gasteiger partial charge on any atom is -0.476 e. The van der Waals surface area contributed by atoms with Crippen molar-refractivity contribution in [1.29, 1.82) is 0 Å². The maximum atomic E-state index is 12.4. The van der Waals surface area contributed by atoms with Gasteiger partial charge in [-0.2, -0.15) is 0 Å². The summed E-state index contributed by atoms with van der Waals surface area (Å²) in [6, 6.07) is 6.13. The van der Waals surface area contributed by atoms with Crippen molar-refractivity contribution in [3.05, 3.63) is 23.8 Å². The molecular formula is C16H24N2O2. The van der Waals surface area contributed by atoms with Crippen LogP contribution in [0.15, 0.2) is 18.2 Å². The molecule has 0 fully saturated rings. The first-order valence-electron chi connectivity index (χ1n) is 7.33. The van der Waals surface area contributed by atoms with Crippen LogP contribution in [0.2, 0.25) is 0 Å². The Labute approximate surface area is 120 Å². The van der Waals surface area contributed by atoms with Crippen molar-refractivity contribution in [2.75, 3.05) is 18.0 Å². The van der Waals surface area contributed by atoms with E-state index in [1.54, 1.807) is 0 Å². The van der Waals surface area contributed by atoms with Crippen LogP contribution in [0, 0.1) is 0 Å². The van der Waals surface area contributed by atoms with Crippen molar-refractivity contribution >= 4 is 11.6 Å². The zero-order valence-corrected chi connectivity index (χ0v) is 12.6. The number of ether oxygens (including phenoxy) is 1. The predicted octanol–water partition coefficient (Wildman–Crippen LogP) is 2.49. The fourth-order valence-corrected chi connectivity index (χ4v) is 2.56. The van der Waals surface area contributed by atoms with Gasteiger partial charge in [-0.15, -0.1) is 0 Å². The van der Waals surface area contributed by atoms with Gasteiger partial charge in [0.1, 0.15) is 5.75 Å². The zero-order valence-electron chi connectivity index (χ0n) is 12.6. The molecule has 110 valence electrons. The van der Waals surface area contributed by atoms with Gasteiger partial charge in [0.15, 0.2) is 5.60 Å². The number of unbranched alkanes of at least 4 members (excludes halogenated alkanes) is 1. The molecule has 0 radical (unpaired) electrons. The van der Waals surface area contributed by atoms with Crippen molar-refractivity contribution in [2.24, 2.45) is 5.73 Å². The molecule has 1 aromatic rings. The Bertz CT molecular complexity index is 497. The molecule has 20 heavy (non-hydrogen) atoms. The van der Waals surface area contributed by atoms with E-state index in [9.17, 15) is 4.79 Å². The highest BCUT2D eigenvalue weighted by Gasteiger charge is 2.40. The lowest BCUT2D eigenvalue weighted by atomic mass is 10.0. The number of nitrogens with two attached hydrogens (primary N) is 1. The summed E-state index contributed by atoms with van der Waals surface area (Å²) in [6.07, 6.45) is 3.08. The molecule has 1 aliphatic rings. The van der Waals surface area contributed by atoms with Gasteiger partial charge in [0, 0.05) is 6.54 Å². The molecule has 0 atom stereocenters. The van der Waals surface area contributed by atoms with Crippen molar-refractivity contribution in [2.45, 2.75) is 45.6 Å². The van der Waals surface area contributed by atoms with Gasteiger partial charge in [0.25, 0.3) is 5.91 Å². The van der Waals surface area contributed by atoms with Crippen molar-refractivity contribution in [1.82, 2.24) is 0 Å². The number of carbonyl (C=O) groups is 1. The number of aryl methyl sites for hydroxylation is 1. The largest absolute Gasteiger partial charge is 0.476 e. The summed E-state index contributed by atoms with van der Waals surface area (Å²) in [6.45, 7) is 7.00. The third-order valence-electron chi connectivity index (χ3n) is 3.68. The average molecular weight is 276 g/mol. The number of hydrogen-bond acceptors (Lipinski definition) is 3. The summed E-state index contributed by atoms with van der Waals surface area (Å²) in [7, 11) is 0. The standard InChI is InChI=1S/C16H24N2O2/c1-4-18-13-11-12(7-5-6-10-17)8-9-14(13)20-16(2,3)15(18)19/h8-9,11H,4-7,10,17H2,1-3H3. The van der Waals surface area contributed by atoms with Crippen LogP contribution in [0.5, 0.6) is 5.75 Å². The van der Waals surface area contributed by atoms with Gasteiger partial charge in [-0.05, 0) is 64.3 Å². The maximum absolute atomic E-state index is 12.4. The number of hydrogen-bond donors (Lipinski definition) is 1. The second kappa shape index (κ2) is 5.83. The SMILES string of the molecule is CCN1C(=O)C(C)(C)Oc2ccc(CCCCN)cc21. The number of amides is 1. The predicted molar refractivity (Wildman–Crippen MR) is 81.2 cm³/mol. The molecule has 1 aliphatic heterocycles. The highest BCUT2D eigenvalue weighted by molar-refractivity contribution is 6.02. The molecule has 2 N–H and O–H groups in total. The Morgan fingerprint density at radius 3 is 2.70 bits per heavy atom. The smallest absolute Gasteiger partial charge is 0.270 e. The Hall–Kier alpha value is -1.55. The summed E-state index contributed by atoms with van der Waals surface area (Å²) in [5.41, 5.74) is 6.85. The summed E-state index contributed by atoms with van der Waals surface area (Å²) in [5, 5.41) is 0. The van der Waals surface area contributed by atoms with E-state index >= 15 is 0 Å². The number of likely N-dealkylation sites (N-methyl/N-ethyl adjacent to an activating group) is 1. The number of nitrogens with zero attached hydrogens (tertiary/aromatic N) is 1. The second-order valence-corrected chi connectivity index (χ2v) is 5.71. The maximum Gasteiger partial charge on any atom is 0.270 e. The topological polar surface area (TPSA) is 55.6 Å². The third kappa shape index (κ3) is 2.80. The second-order valence-electron chi connectivity index (χ2n) is 5.71. The average Bonchev–Trinajstić information content (AvgIpc) is 2.41. The molecule has 0 aliphatic carbocycles. The van der Waals surface area contributed by atoms with Crippen LogP contribution in [0.3, 0.4) is 0 Å². The lowest BCUT2D eigenvalue weighted by molar-refractivity contribution is -0.132. The quantitative estimate of drug-likeness (QED) is 0.841. The molecule has 0 bridgehead atoms. The van der Waals surface area contributed by atoms with Crippen LogP contribution in [-0.2, 0) is 11.2 Å². The van der Waals surface area contributed by atoms with Crippen molar-refractivity contribution in [3.8, 4) is 5.75 Å². The summed E-state index contributed by atoms with van der Waals surface area (Å²) < 4.78 is 5.83. The minimum atomic E-state index is -0.788. The van der Waals surface area contributed by atoms with Gasteiger partial charge in [-0.1, -0.05) is 6.07 Å². The van der Waals surface area contributed by atoms with E-state index in [0.29, 0.717) is 6.54 Å². The number of anilines is 1. The van der Waals surface area contributed by atoms with Crippen LogP contribution >= 0.6 is 0 Å². The van der Waals surface area contributed by atoms with E-state index in [0.717, 1.165) is 37.2 Å². The number of fused-ring (bicyclic) bond motifs is 1. The first-order chi connectivity index (χ1) is 9.49. The molecule has 0 saturated carbocycles. The minimum absolute atomic E-state index is 0.0200. The number of rotatable bonds is 5. The van der Waals surface area contributed by atoms with Crippen LogP contribution in [0.1, 0.15) is 39.2 Å². The molecule has 0 saturated heterocycles. The highest BCUT2D eigenvalue weighted by Crippen LogP contribution is 2.38. The van der Waals surface area contributed by atoms with Gasteiger partial charge in [-0.25, -0.2) is 0 Å². The van der Waals surface area contributed by atoms with E-state index in [-0.39, 0.29) is 5.91 Å². The van der Waals surface area contributed by atoms with Crippen molar-refractivity contribution in [3.63, 3.8) is 0 Å². The molecule has 0 spiro atoms. The zero-order chi connectivity index (χ0) is 14.8. The Morgan fingerprint density at radius 2 is 2.05 bits per heavy atom. The Morgan fingerprint density at radius 1 is 1.30 bits per heavy atom. The summed E-state index contributed by atoms with van der Waals surface area (Å²) in [5.74, 6) is 0.811. The van der Waals surface area contributed by atoms with Crippen LogP contribution in [-0.4, -0.2) is 24.6 Å². The lowest BCUT2D eigenvalue weighted by Crippen LogP contribution is -2.52. The fraction of sp³-hybridized carbons (Fsp3) is 0.562. The first kappa shape index (κ1) is 14.9. The van der Waals surface area contributed by atoms with Gasteiger partial charge in [-0.3, -0.25) is 4.79 Å². The summed E-state index contributed by atoms with van der Waals surface area (Å²) >= 11 is 0. The number of benzene rings is 1.